The predicted molar refractivity (Wildman–Crippen MR) is 74.0 cm³/mol. The third kappa shape index (κ3) is 2.54. The molecule has 8 nitrogen and oxygen atoms in total. The van der Waals surface area contributed by atoms with Crippen LogP contribution in [-0.2, 0) is 0 Å². The van der Waals surface area contributed by atoms with Crippen LogP contribution in [0.3, 0.4) is 0 Å². The molecule has 0 spiro atoms. The fourth-order valence-corrected chi connectivity index (χ4v) is 1.80. The molecule has 0 fully saturated rings. The molecule has 2 aromatic heterocycles. The highest BCUT2D eigenvalue weighted by atomic mass is 16.6. The number of aromatic nitrogens is 3. The van der Waals surface area contributed by atoms with Crippen molar-refractivity contribution in [2.75, 3.05) is 5.32 Å². The van der Waals surface area contributed by atoms with Gasteiger partial charge in [-0.25, -0.2) is 9.50 Å². The Morgan fingerprint density at radius 2 is 2.05 bits per heavy atom. The van der Waals surface area contributed by atoms with Gasteiger partial charge in [-0.15, -0.1) is 0 Å². The molecule has 0 bridgehead atoms. The molecule has 0 atom stereocenters. The molecule has 1 aromatic carbocycles. The number of nitrogens with one attached hydrogen (secondary N) is 1. The highest BCUT2D eigenvalue weighted by Crippen LogP contribution is 2.16. The van der Waals surface area contributed by atoms with Crippen LogP contribution < -0.4 is 5.32 Å². The van der Waals surface area contributed by atoms with E-state index in [4.69, 9.17) is 0 Å². The number of anilines is 1. The number of carbonyl (C=O) groups excluding carboxylic acids is 1. The molecule has 0 aliphatic heterocycles. The van der Waals surface area contributed by atoms with Crippen LogP contribution in [0.15, 0.2) is 48.8 Å². The molecule has 1 N–H and O–H groups in total. The van der Waals surface area contributed by atoms with Gasteiger partial charge in [-0.3, -0.25) is 14.9 Å². The molecule has 0 aliphatic rings. The minimum Gasteiger partial charge on any atom is -0.321 e. The third-order valence-corrected chi connectivity index (χ3v) is 2.80. The minimum absolute atomic E-state index is 0.0371. The number of nitro groups is 1. The zero-order valence-corrected chi connectivity index (χ0v) is 10.6. The summed E-state index contributed by atoms with van der Waals surface area (Å²) in [6.07, 6.45) is 3.29. The van der Waals surface area contributed by atoms with Gasteiger partial charge in [0.05, 0.1) is 4.92 Å². The Balaban J connectivity index is 1.80. The Hall–Kier alpha value is -3.29. The molecule has 1 amide bonds. The largest absolute Gasteiger partial charge is 0.321 e. The number of hydrogen-bond donors (Lipinski definition) is 1. The molecular formula is C13H9N5O3. The Bertz CT molecular complexity index is 792. The highest BCUT2D eigenvalue weighted by molar-refractivity contribution is 6.03. The first-order valence-corrected chi connectivity index (χ1v) is 6.00. The van der Waals surface area contributed by atoms with Crippen molar-refractivity contribution in [3.63, 3.8) is 0 Å². The van der Waals surface area contributed by atoms with Crippen molar-refractivity contribution in [2.24, 2.45) is 0 Å². The number of amides is 1. The van der Waals surface area contributed by atoms with Crippen LogP contribution in [0.25, 0.3) is 5.65 Å². The van der Waals surface area contributed by atoms with E-state index in [-0.39, 0.29) is 11.4 Å². The summed E-state index contributed by atoms with van der Waals surface area (Å²) in [6, 6.07) is 8.83. The maximum Gasteiger partial charge on any atom is 0.276 e. The van der Waals surface area contributed by atoms with E-state index in [0.717, 1.165) is 0 Å². The number of benzene rings is 1. The number of hydrogen-bond acceptors (Lipinski definition) is 5. The quantitative estimate of drug-likeness (QED) is 0.584. The summed E-state index contributed by atoms with van der Waals surface area (Å²) >= 11 is 0. The van der Waals surface area contributed by atoms with E-state index in [1.54, 1.807) is 24.5 Å². The summed E-state index contributed by atoms with van der Waals surface area (Å²) in [5.74, 6) is -0.408. The molecule has 0 unspecified atom stereocenters. The second-order valence-corrected chi connectivity index (χ2v) is 4.21. The number of fused-ring (bicyclic) bond motifs is 1. The van der Waals surface area contributed by atoms with Gasteiger partial charge < -0.3 is 5.32 Å². The lowest BCUT2D eigenvalue weighted by Crippen LogP contribution is -2.12. The maximum atomic E-state index is 12.1. The van der Waals surface area contributed by atoms with Crippen molar-refractivity contribution >= 4 is 22.9 Å². The van der Waals surface area contributed by atoms with Crippen molar-refractivity contribution in [3.05, 3.63) is 64.6 Å². The smallest absolute Gasteiger partial charge is 0.276 e. The van der Waals surface area contributed by atoms with Crippen LogP contribution in [0.2, 0.25) is 0 Å². The minimum atomic E-state index is -0.501. The number of non-ortho nitro benzene ring substituents is 1. The van der Waals surface area contributed by atoms with E-state index < -0.39 is 10.8 Å². The molecule has 3 rings (SSSR count). The zero-order chi connectivity index (χ0) is 14.8. The molecule has 3 aromatic rings. The van der Waals surface area contributed by atoms with Gasteiger partial charge in [0, 0.05) is 36.3 Å². The topological polar surface area (TPSA) is 102 Å². The van der Waals surface area contributed by atoms with Crippen LogP contribution >= 0.6 is 0 Å². The molecule has 0 radical (unpaired) electrons. The number of rotatable bonds is 3. The summed E-state index contributed by atoms with van der Waals surface area (Å²) in [4.78, 5) is 26.2. The lowest BCUT2D eigenvalue weighted by Gasteiger charge is -2.02. The van der Waals surface area contributed by atoms with Crippen molar-refractivity contribution in [3.8, 4) is 0 Å². The van der Waals surface area contributed by atoms with Crippen LogP contribution in [0.5, 0.6) is 0 Å². The van der Waals surface area contributed by atoms with Crippen LogP contribution in [0, 0.1) is 10.1 Å². The average Bonchev–Trinajstić information content (AvgIpc) is 2.92. The molecule has 0 saturated heterocycles. The van der Waals surface area contributed by atoms with Gasteiger partial charge >= 0.3 is 0 Å². The second-order valence-electron chi connectivity index (χ2n) is 4.21. The average molecular weight is 283 g/mol. The zero-order valence-electron chi connectivity index (χ0n) is 10.6. The standard InChI is InChI=1S/C13H9N5O3/c19-13(11-8-12-14-6-1-7-17(12)16-11)15-9-2-4-10(5-3-9)18(20)21/h1-8H,(H,15,19). The molecule has 104 valence electrons. The maximum absolute atomic E-state index is 12.1. The molecule has 0 aliphatic carbocycles. The second kappa shape index (κ2) is 5.00. The van der Waals surface area contributed by atoms with Gasteiger partial charge in [-0.1, -0.05) is 0 Å². The van der Waals surface area contributed by atoms with E-state index >= 15 is 0 Å². The summed E-state index contributed by atoms with van der Waals surface area (Å²) in [5.41, 5.74) is 1.19. The summed E-state index contributed by atoms with van der Waals surface area (Å²) in [6.45, 7) is 0. The van der Waals surface area contributed by atoms with Crippen LogP contribution in [0.4, 0.5) is 11.4 Å². The molecule has 2 heterocycles. The Kier molecular flexibility index (Phi) is 3.03. The molecule has 0 saturated carbocycles. The molecular weight excluding hydrogens is 274 g/mol. The number of nitrogens with zero attached hydrogens (tertiary/aromatic N) is 4. The molecule has 21 heavy (non-hydrogen) atoms. The lowest BCUT2D eigenvalue weighted by atomic mass is 10.2. The summed E-state index contributed by atoms with van der Waals surface area (Å²) in [5, 5.41) is 17.3. The highest BCUT2D eigenvalue weighted by Gasteiger charge is 2.12. The van der Waals surface area contributed by atoms with E-state index in [1.165, 1.54) is 28.8 Å². The van der Waals surface area contributed by atoms with Crippen LogP contribution in [-0.4, -0.2) is 25.4 Å². The number of carbonyl (C=O) groups is 1. The van der Waals surface area contributed by atoms with Gasteiger partial charge in [-0.05, 0) is 18.2 Å². The van der Waals surface area contributed by atoms with Gasteiger partial charge in [0.25, 0.3) is 11.6 Å². The lowest BCUT2D eigenvalue weighted by molar-refractivity contribution is -0.384. The van der Waals surface area contributed by atoms with Gasteiger partial charge in [0.15, 0.2) is 11.3 Å². The van der Waals surface area contributed by atoms with E-state index in [0.29, 0.717) is 11.3 Å². The van der Waals surface area contributed by atoms with Crippen molar-refractivity contribution < 1.29 is 9.72 Å². The molecule has 8 heteroatoms. The van der Waals surface area contributed by atoms with Gasteiger partial charge in [0.1, 0.15) is 0 Å². The first-order valence-electron chi connectivity index (χ1n) is 6.00. The van der Waals surface area contributed by atoms with Gasteiger partial charge in [0.2, 0.25) is 0 Å². The van der Waals surface area contributed by atoms with Gasteiger partial charge in [-0.2, -0.15) is 5.10 Å². The predicted octanol–water partition coefficient (Wildman–Crippen LogP) is 1.89. The van der Waals surface area contributed by atoms with Crippen LogP contribution in [0.1, 0.15) is 10.5 Å². The summed E-state index contributed by atoms with van der Waals surface area (Å²) in [7, 11) is 0. The normalized spacial score (nSPS) is 10.5. The monoisotopic (exact) mass is 283 g/mol. The van der Waals surface area contributed by atoms with Crippen molar-refractivity contribution in [1.82, 2.24) is 14.6 Å². The van der Waals surface area contributed by atoms with E-state index in [2.05, 4.69) is 15.4 Å². The fraction of sp³-hybridized carbons (Fsp3) is 0. The SMILES string of the molecule is O=C(Nc1ccc([N+](=O)[O-])cc1)c1cc2ncccn2n1. The Morgan fingerprint density at radius 1 is 1.29 bits per heavy atom. The first kappa shape index (κ1) is 12.7. The number of nitro benzene ring substituents is 1. The summed E-state index contributed by atoms with van der Waals surface area (Å²) < 4.78 is 1.49. The van der Waals surface area contributed by atoms with E-state index in [1.807, 2.05) is 0 Å². The fourth-order valence-electron chi connectivity index (χ4n) is 1.80. The Morgan fingerprint density at radius 3 is 2.71 bits per heavy atom. The first-order chi connectivity index (χ1) is 10.1. The van der Waals surface area contributed by atoms with Crippen molar-refractivity contribution in [2.45, 2.75) is 0 Å². The van der Waals surface area contributed by atoms with E-state index in [9.17, 15) is 14.9 Å². The van der Waals surface area contributed by atoms with Crippen molar-refractivity contribution in [1.29, 1.82) is 0 Å². The third-order valence-electron chi connectivity index (χ3n) is 2.80. The Labute approximate surface area is 118 Å².